The molecule has 2 atom stereocenters. The average molecular weight is 342 g/mol. The third-order valence-electron chi connectivity index (χ3n) is 4.51. The Balaban J connectivity index is 1.82. The van der Waals surface area contributed by atoms with Crippen LogP contribution in [0.1, 0.15) is 39.9 Å². The lowest BCUT2D eigenvalue weighted by molar-refractivity contribution is -0.138. The molecule has 3 rings (SSSR count). The van der Waals surface area contributed by atoms with Crippen LogP contribution < -0.4 is 10.2 Å². The molecule has 0 bridgehead atoms. The van der Waals surface area contributed by atoms with Crippen LogP contribution >= 0.6 is 0 Å². The normalized spacial score (nSPS) is 18.5. The third-order valence-corrected chi connectivity index (χ3v) is 4.51. The number of carboxylic acids is 1. The number of aliphatic carboxylic acids is 1. The van der Waals surface area contributed by atoms with E-state index in [0.717, 1.165) is 11.1 Å². The molecule has 5 nitrogen and oxygen atoms in total. The quantitative estimate of drug-likeness (QED) is 0.896. The molecule has 2 N–H and O–H groups in total. The number of carboxylic acid groups (broad SMARTS) is 1. The lowest BCUT2D eigenvalue weighted by Crippen LogP contribution is -2.27. The van der Waals surface area contributed by atoms with Gasteiger partial charge in [0.25, 0.3) is 5.91 Å². The number of amides is 1. The van der Waals surface area contributed by atoms with Crippen LogP contribution in [0.3, 0.4) is 0 Å². The second-order valence-corrected chi connectivity index (χ2v) is 6.34. The number of nitrogens with one attached hydrogen (secondary N) is 1. The maximum absolute atomic E-state index is 14.1. The molecule has 6 heteroatoms. The molecule has 1 aliphatic rings. The van der Waals surface area contributed by atoms with Gasteiger partial charge in [0, 0.05) is 19.7 Å². The van der Waals surface area contributed by atoms with E-state index in [-0.39, 0.29) is 5.56 Å². The summed E-state index contributed by atoms with van der Waals surface area (Å²) in [7, 11) is 3.44. The summed E-state index contributed by atoms with van der Waals surface area (Å²) in [5, 5.41) is 12.2. The van der Waals surface area contributed by atoms with Gasteiger partial charge in [-0.15, -0.1) is 0 Å². The number of carbonyl (C=O) groups excluding carboxylic acids is 1. The topological polar surface area (TPSA) is 69.6 Å². The SMILES string of the molecule is CN(C)c1ccc(C(=O)NC2CC(C(=O)O)c3ccccc32)cc1F. The Kier molecular flexibility index (Phi) is 4.44. The zero-order chi connectivity index (χ0) is 18.1. The van der Waals surface area contributed by atoms with Gasteiger partial charge in [0.15, 0.2) is 0 Å². The largest absolute Gasteiger partial charge is 0.481 e. The molecule has 2 aromatic rings. The molecular weight excluding hydrogens is 323 g/mol. The van der Waals surface area contributed by atoms with Crippen molar-refractivity contribution in [3.63, 3.8) is 0 Å². The number of benzene rings is 2. The molecule has 130 valence electrons. The molecule has 0 aromatic heterocycles. The Labute approximate surface area is 145 Å². The lowest BCUT2D eigenvalue weighted by Gasteiger charge is -2.16. The standard InChI is InChI=1S/C19H19FN2O3/c1-22(2)17-8-7-11(9-15(17)20)18(23)21-16-10-14(19(24)25)12-5-3-4-6-13(12)16/h3-9,14,16H,10H2,1-2H3,(H,21,23)(H,24,25). The van der Waals surface area contributed by atoms with Gasteiger partial charge in [-0.1, -0.05) is 24.3 Å². The predicted molar refractivity (Wildman–Crippen MR) is 92.4 cm³/mol. The maximum Gasteiger partial charge on any atom is 0.311 e. The summed E-state index contributed by atoms with van der Waals surface area (Å²) in [4.78, 5) is 25.6. The summed E-state index contributed by atoms with van der Waals surface area (Å²) in [6, 6.07) is 11.1. The van der Waals surface area contributed by atoms with Crippen molar-refractivity contribution >= 4 is 17.6 Å². The summed E-state index contributed by atoms with van der Waals surface area (Å²) < 4.78 is 14.1. The van der Waals surface area contributed by atoms with E-state index >= 15 is 0 Å². The number of carbonyl (C=O) groups is 2. The second kappa shape index (κ2) is 6.55. The van der Waals surface area contributed by atoms with Gasteiger partial charge in [0.2, 0.25) is 0 Å². The number of hydrogen-bond acceptors (Lipinski definition) is 3. The third kappa shape index (κ3) is 3.20. The number of nitrogens with zero attached hydrogens (tertiary/aromatic N) is 1. The van der Waals surface area contributed by atoms with Crippen molar-refractivity contribution in [2.75, 3.05) is 19.0 Å². The minimum atomic E-state index is -0.912. The van der Waals surface area contributed by atoms with E-state index < -0.39 is 29.7 Å². The first-order valence-corrected chi connectivity index (χ1v) is 7.98. The van der Waals surface area contributed by atoms with Crippen LogP contribution in [0.5, 0.6) is 0 Å². The fourth-order valence-corrected chi connectivity index (χ4v) is 3.26. The van der Waals surface area contributed by atoms with Crippen molar-refractivity contribution in [2.24, 2.45) is 0 Å². The van der Waals surface area contributed by atoms with Crippen LogP contribution in [0.25, 0.3) is 0 Å². The molecule has 0 saturated heterocycles. The smallest absolute Gasteiger partial charge is 0.311 e. The molecule has 25 heavy (non-hydrogen) atoms. The van der Waals surface area contributed by atoms with Gasteiger partial charge >= 0.3 is 5.97 Å². The molecule has 2 unspecified atom stereocenters. The van der Waals surface area contributed by atoms with Crippen LogP contribution in [0.2, 0.25) is 0 Å². The van der Waals surface area contributed by atoms with E-state index in [1.807, 2.05) is 12.1 Å². The molecule has 1 amide bonds. The zero-order valence-corrected chi connectivity index (χ0v) is 14.0. The van der Waals surface area contributed by atoms with Crippen molar-refractivity contribution in [3.8, 4) is 0 Å². The minimum Gasteiger partial charge on any atom is -0.481 e. The highest BCUT2D eigenvalue weighted by Crippen LogP contribution is 2.40. The van der Waals surface area contributed by atoms with E-state index in [9.17, 15) is 19.1 Å². The molecule has 0 heterocycles. The average Bonchev–Trinajstić information content (AvgIpc) is 2.93. The number of rotatable bonds is 4. The molecule has 0 radical (unpaired) electrons. The van der Waals surface area contributed by atoms with Crippen LogP contribution in [-0.2, 0) is 4.79 Å². The highest BCUT2D eigenvalue weighted by Gasteiger charge is 2.35. The Morgan fingerprint density at radius 3 is 2.44 bits per heavy atom. The van der Waals surface area contributed by atoms with E-state index in [2.05, 4.69) is 5.32 Å². The summed E-state index contributed by atoms with van der Waals surface area (Å²) in [6.45, 7) is 0. The van der Waals surface area contributed by atoms with Crippen LogP contribution in [-0.4, -0.2) is 31.1 Å². The van der Waals surface area contributed by atoms with Gasteiger partial charge in [-0.3, -0.25) is 9.59 Å². The minimum absolute atomic E-state index is 0.208. The van der Waals surface area contributed by atoms with Crippen molar-refractivity contribution in [3.05, 3.63) is 65.0 Å². The van der Waals surface area contributed by atoms with E-state index in [4.69, 9.17) is 0 Å². The molecule has 1 aliphatic carbocycles. The first kappa shape index (κ1) is 17.0. The Morgan fingerprint density at radius 1 is 1.16 bits per heavy atom. The van der Waals surface area contributed by atoms with Gasteiger partial charge in [0.1, 0.15) is 5.82 Å². The number of fused-ring (bicyclic) bond motifs is 1. The predicted octanol–water partition coefficient (Wildman–Crippen LogP) is 2.93. The lowest BCUT2D eigenvalue weighted by atomic mass is 10.0. The molecule has 0 fully saturated rings. The number of halogens is 1. The Hall–Kier alpha value is -2.89. The first-order valence-electron chi connectivity index (χ1n) is 7.98. The molecular formula is C19H19FN2O3. The monoisotopic (exact) mass is 342 g/mol. The number of anilines is 1. The van der Waals surface area contributed by atoms with Crippen LogP contribution in [0, 0.1) is 5.82 Å². The second-order valence-electron chi connectivity index (χ2n) is 6.34. The summed E-state index contributed by atoms with van der Waals surface area (Å²) in [5.41, 5.74) is 2.12. The van der Waals surface area contributed by atoms with Crippen molar-refractivity contribution in [2.45, 2.75) is 18.4 Å². The van der Waals surface area contributed by atoms with Crippen molar-refractivity contribution in [1.29, 1.82) is 0 Å². The van der Waals surface area contributed by atoms with Gasteiger partial charge in [-0.25, -0.2) is 4.39 Å². The van der Waals surface area contributed by atoms with E-state index in [0.29, 0.717) is 12.1 Å². The van der Waals surface area contributed by atoms with Crippen LogP contribution in [0.15, 0.2) is 42.5 Å². The zero-order valence-electron chi connectivity index (χ0n) is 14.0. The van der Waals surface area contributed by atoms with Gasteiger partial charge in [0.05, 0.1) is 17.6 Å². The summed E-state index contributed by atoms with van der Waals surface area (Å²) >= 11 is 0. The summed E-state index contributed by atoms with van der Waals surface area (Å²) in [5.74, 6) is -2.46. The molecule has 0 aliphatic heterocycles. The highest BCUT2D eigenvalue weighted by atomic mass is 19.1. The Bertz CT molecular complexity index is 835. The fraction of sp³-hybridized carbons (Fsp3) is 0.263. The summed E-state index contributed by atoms with van der Waals surface area (Å²) in [6.07, 6.45) is 0.290. The number of hydrogen-bond donors (Lipinski definition) is 2. The van der Waals surface area contributed by atoms with Gasteiger partial charge in [-0.05, 0) is 35.7 Å². The molecule has 0 spiro atoms. The van der Waals surface area contributed by atoms with Gasteiger partial charge in [-0.2, -0.15) is 0 Å². The maximum atomic E-state index is 14.1. The van der Waals surface area contributed by atoms with Crippen molar-refractivity contribution in [1.82, 2.24) is 5.32 Å². The van der Waals surface area contributed by atoms with Crippen LogP contribution in [0.4, 0.5) is 10.1 Å². The van der Waals surface area contributed by atoms with Gasteiger partial charge < -0.3 is 15.3 Å². The highest BCUT2D eigenvalue weighted by molar-refractivity contribution is 5.95. The first-order chi connectivity index (χ1) is 11.9. The van der Waals surface area contributed by atoms with Crippen molar-refractivity contribution < 1.29 is 19.1 Å². The van der Waals surface area contributed by atoms with E-state index in [1.165, 1.54) is 6.07 Å². The molecule has 2 aromatic carbocycles. The fourth-order valence-electron chi connectivity index (χ4n) is 3.26. The van der Waals surface area contributed by atoms with E-state index in [1.54, 1.807) is 43.3 Å². The Morgan fingerprint density at radius 2 is 1.84 bits per heavy atom. The molecule has 0 saturated carbocycles.